The van der Waals surface area contributed by atoms with Crippen LogP contribution in [0.25, 0.3) is 0 Å². The van der Waals surface area contributed by atoms with E-state index in [1.165, 1.54) is 0 Å². The Hall–Kier alpha value is -0.710. The summed E-state index contributed by atoms with van der Waals surface area (Å²) in [4.78, 5) is 25.4. The molecule has 0 aromatic carbocycles. The van der Waals surface area contributed by atoms with Gasteiger partial charge in [-0.2, -0.15) is 11.8 Å². The zero-order valence-corrected chi connectivity index (χ0v) is 11.7. The van der Waals surface area contributed by atoms with Crippen molar-refractivity contribution in [2.24, 2.45) is 5.41 Å². The minimum absolute atomic E-state index is 0.0378. The van der Waals surface area contributed by atoms with Crippen LogP contribution in [-0.4, -0.2) is 46.0 Å². The topological polar surface area (TPSA) is 57.6 Å². The number of carboxylic acid groups (broad SMARTS) is 1. The van der Waals surface area contributed by atoms with Crippen molar-refractivity contribution >= 4 is 23.6 Å². The van der Waals surface area contributed by atoms with E-state index in [1.807, 2.05) is 16.7 Å². The predicted octanol–water partition coefficient (Wildman–Crippen LogP) is 1.99. The highest BCUT2D eigenvalue weighted by atomic mass is 32.2. The lowest BCUT2D eigenvalue weighted by Gasteiger charge is -2.40. The van der Waals surface area contributed by atoms with Crippen molar-refractivity contribution in [2.45, 2.75) is 44.3 Å². The molecular formula is C13H21NO3S. The SMILES string of the molecule is CCC1CN(C(=O)CC2(C(=O)O)CCC2)CCS1. The Kier molecular flexibility index (Phi) is 4.20. The van der Waals surface area contributed by atoms with Gasteiger partial charge in [-0.1, -0.05) is 13.3 Å². The third-order valence-corrected chi connectivity index (χ3v) is 5.57. The molecule has 18 heavy (non-hydrogen) atoms. The van der Waals surface area contributed by atoms with Crippen LogP contribution >= 0.6 is 11.8 Å². The van der Waals surface area contributed by atoms with Gasteiger partial charge in [-0.25, -0.2) is 0 Å². The number of hydrogen-bond donors (Lipinski definition) is 1. The lowest BCUT2D eigenvalue weighted by molar-refractivity contribution is -0.159. The number of hydrogen-bond acceptors (Lipinski definition) is 3. The first-order valence-electron chi connectivity index (χ1n) is 6.70. The maximum atomic E-state index is 12.2. The molecule has 0 aromatic rings. The Balaban J connectivity index is 1.93. The molecule has 2 fully saturated rings. The monoisotopic (exact) mass is 271 g/mol. The number of thioether (sulfide) groups is 1. The van der Waals surface area contributed by atoms with E-state index < -0.39 is 11.4 Å². The van der Waals surface area contributed by atoms with Gasteiger partial charge in [0.2, 0.25) is 5.91 Å². The third kappa shape index (κ3) is 2.66. The summed E-state index contributed by atoms with van der Waals surface area (Å²) >= 11 is 1.92. The van der Waals surface area contributed by atoms with Crippen molar-refractivity contribution in [3.8, 4) is 0 Å². The second-order valence-corrected chi connectivity index (χ2v) is 6.76. The smallest absolute Gasteiger partial charge is 0.310 e. The van der Waals surface area contributed by atoms with E-state index >= 15 is 0 Å². The number of carbonyl (C=O) groups excluding carboxylic acids is 1. The fourth-order valence-electron chi connectivity index (χ4n) is 2.66. The lowest BCUT2D eigenvalue weighted by Crippen LogP contribution is -2.47. The Morgan fingerprint density at radius 1 is 1.44 bits per heavy atom. The van der Waals surface area contributed by atoms with Gasteiger partial charge in [0.15, 0.2) is 0 Å². The number of aliphatic carboxylic acids is 1. The molecule has 1 saturated heterocycles. The molecule has 1 unspecified atom stereocenters. The summed E-state index contributed by atoms with van der Waals surface area (Å²) in [5, 5.41) is 9.77. The summed E-state index contributed by atoms with van der Waals surface area (Å²) in [7, 11) is 0. The molecule has 0 bridgehead atoms. The summed E-state index contributed by atoms with van der Waals surface area (Å²) in [6.07, 6.45) is 3.52. The van der Waals surface area contributed by atoms with Crippen LogP contribution in [0.2, 0.25) is 0 Å². The van der Waals surface area contributed by atoms with Gasteiger partial charge >= 0.3 is 5.97 Å². The van der Waals surface area contributed by atoms with E-state index in [4.69, 9.17) is 0 Å². The fourth-order valence-corrected chi connectivity index (χ4v) is 3.84. The minimum atomic E-state index is -0.791. The van der Waals surface area contributed by atoms with E-state index in [0.29, 0.717) is 18.1 Å². The second kappa shape index (κ2) is 5.51. The van der Waals surface area contributed by atoms with E-state index in [0.717, 1.165) is 31.7 Å². The molecule has 4 nitrogen and oxygen atoms in total. The van der Waals surface area contributed by atoms with Crippen LogP contribution in [0, 0.1) is 5.41 Å². The molecule has 1 saturated carbocycles. The van der Waals surface area contributed by atoms with Crippen molar-refractivity contribution in [1.29, 1.82) is 0 Å². The Bertz CT molecular complexity index is 341. The van der Waals surface area contributed by atoms with Crippen LogP contribution in [0.5, 0.6) is 0 Å². The molecule has 1 atom stereocenters. The van der Waals surface area contributed by atoms with Crippen LogP contribution in [-0.2, 0) is 9.59 Å². The number of carbonyl (C=O) groups is 2. The van der Waals surface area contributed by atoms with E-state index in [9.17, 15) is 14.7 Å². The van der Waals surface area contributed by atoms with Crippen LogP contribution in [0.3, 0.4) is 0 Å². The first-order valence-corrected chi connectivity index (χ1v) is 7.75. The summed E-state index contributed by atoms with van der Waals surface area (Å²) in [6, 6.07) is 0. The van der Waals surface area contributed by atoms with Crippen molar-refractivity contribution in [3.05, 3.63) is 0 Å². The molecule has 1 N–H and O–H groups in total. The summed E-state index contributed by atoms with van der Waals surface area (Å²) in [6.45, 7) is 3.70. The van der Waals surface area contributed by atoms with Crippen molar-refractivity contribution in [1.82, 2.24) is 4.90 Å². The van der Waals surface area contributed by atoms with Crippen LogP contribution in [0.15, 0.2) is 0 Å². The van der Waals surface area contributed by atoms with Gasteiger partial charge in [-0.05, 0) is 19.3 Å². The molecule has 2 rings (SSSR count). The maximum Gasteiger partial charge on any atom is 0.310 e. The zero-order chi connectivity index (χ0) is 13.2. The average molecular weight is 271 g/mol. The molecule has 102 valence electrons. The lowest BCUT2D eigenvalue weighted by atomic mass is 9.66. The van der Waals surface area contributed by atoms with Crippen molar-refractivity contribution in [3.63, 3.8) is 0 Å². The highest BCUT2D eigenvalue weighted by Gasteiger charge is 2.46. The van der Waals surface area contributed by atoms with E-state index in [-0.39, 0.29) is 12.3 Å². The number of rotatable bonds is 4. The quantitative estimate of drug-likeness (QED) is 0.849. The van der Waals surface area contributed by atoms with Crippen LogP contribution < -0.4 is 0 Å². The molecule has 1 heterocycles. The van der Waals surface area contributed by atoms with Gasteiger partial charge in [0, 0.05) is 30.5 Å². The first-order chi connectivity index (χ1) is 8.57. The highest BCUT2D eigenvalue weighted by molar-refractivity contribution is 8.00. The summed E-state index contributed by atoms with van der Waals surface area (Å²) < 4.78 is 0. The number of carboxylic acids is 1. The van der Waals surface area contributed by atoms with Gasteiger partial charge in [0.05, 0.1) is 5.41 Å². The van der Waals surface area contributed by atoms with Gasteiger partial charge in [0.1, 0.15) is 0 Å². The molecule has 0 aromatic heterocycles. The van der Waals surface area contributed by atoms with E-state index in [2.05, 4.69) is 6.92 Å². The third-order valence-electron chi connectivity index (χ3n) is 4.20. The predicted molar refractivity (Wildman–Crippen MR) is 71.7 cm³/mol. The number of amides is 1. The first kappa shape index (κ1) is 13.7. The van der Waals surface area contributed by atoms with Gasteiger partial charge < -0.3 is 10.0 Å². The molecule has 2 aliphatic rings. The summed E-state index contributed by atoms with van der Waals surface area (Å²) in [5.74, 6) is 0.223. The van der Waals surface area contributed by atoms with E-state index in [1.54, 1.807) is 0 Å². The largest absolute Gasteiger partial charge is 0.481 e. The summed E-state index contributed by atoms with van der Waals surface area (Å²) in [5.41, 5.74) is -0.747. The zero-order valence-electron chi connectivity index (χ0n) is 10.9. The molecule has 0 radical (unpaired) electrons. The molecule has 0 spiro atoms. The molecule has 1 amide bonds. The van der Waals surface area contributed by atoms with Gasteiger partial charge in [0.25, 0.3) is 0 Å². The molecule has 1 aliphatic heterocycles. The van der Waals surface area contributed by atoms with Crippen LogP contribution in [0.4, 0.5) is 0 Å². The highest BCUT2D eigenvalue weighted by Crippen LogP contribution is 2.44. The Morgan fingerprint density at radius 3 is 2.67 bits per heavy atom. The normalized spacial score (nSPS) is 26.5. The molecule has 1 aliphatic carbocycles. The van der Waals surface area contributed by atoms with Crippen LogP contribution in [0.1, 0.15) is 39.0 Å². The minimum Gasteiger partial charge on any atom is -0.481 e. The number of nitrogens with zero attached hydrogens (tertiary/aromatic N) is 1. The second-order valence-electron chi connectivity index (χ2n) is 5.36. The maximum absolute atomic E-state index is 12.2. The van der Waals surface area contributed by atoms with Crippen molar-refractivity contribution in [2.75, 3.05) is 18.8 Å². The average Bonchev–Trinajstić information content (AvgIpc) is 2.33. The standard InChI is InChI=1S/C13H21NO3S/c1-2-10-9-14(6-7-18-10)11(15)8-13(12(16)17)4-3-5-13/h10H,2-9H2,1H3,(H,16,17). The fraction of sp³-hybridized carbons (Fsp3) is 0.846. The van der Waals surface area contributed by atoms with Gasteiger partial charge in [-0.3, -0.25) is 9.59 Å². The van der Waals surface area contributed by atoms with Crippen molar-refractivity contribution < 1.29 is 14.7 Å². The Morgan fingerprint density at radius 2 is 2.17 bits per heavy atom. The molecular weight excluding hydrogens is 250 g/mol. The molecule has 5 heteroatoms. The Labute approximate surface area is 112 Å². The van der Waals surface area contributed by atoms with Gasteiger partial charge in [-0.15, -0.1) is 0 Å².